The number of carbonyl (C=O) groups is 1. The molecule has 1 aliphatic heterocycles. The predicted molar refractivity (Wildman–Crippen MR) is 65.9 cm³/mol. The molecule has 0 N–H and O–H groups in total. The number of ketones is 1. The summed E-state index contributed by atoms with van der Waals surface area (Å²) in [6.07, 6.45) is 0.970. The summed E-state index contributed by atoms with van der Waals surface area (Å²) in [6.45, 7) is 4.66. The van der Waals surface area contributed by atoms with Crippen molar-refractivity contribution in [2.24, 2.45) is 10.9 Å². The van der Waals surface area contributed by atoms with Crippen molar-refractivity contribution in [1.82, 2.24) is 0 Å². The Labute approximate surface area is 96.4 Å². The number of carbonyl (C=O) groups excluding carboxylic acids is 1. The Kier molecular flexibility index (Phi) is 3.18. The van der Waals surface area contributed by atoms with Gasteiger partial charge in [0.05, 0.1) is 5.71 Å². The van der Waals surface area contributed by atoms with Crippen LogP contribution in [0.4, 0.5) is 0 Å². The van der Waals surface area contributed by atoms with Crippen molar-refractivity contribution in [3.05, 3.63) is 35.9 Å². The van der Waals surface area contributed by atoms with Crippen LogP contribution in [-0.4, -0.2) is 18.0 Å². The van der Waals surface area contributed by atoms with E-state index >= 15 is 0 Å². The molecule has 0 aromatic heterocycles. The van der Waals surface area contributed by atoms with Gasteiger partial charge in [0.1, 0.15) is 0 Å². The minimum Gasteiger partial charge on any atom is -0.293 e. The van der Waals surface area contributed by atoms with Crippen LogP contribution in [0.25, 0.3) is 0 Å². The molecule has 1 unspecified atom stereocenters. The van der Waals surface area contributed by atoms with Crippen molar-refractivity contribution >= 4 is 11.5 Å². The van der Waals surface area contributed by atoms with Crippen molar-refractivity contribution < 1.29 is 4.79 Å². The Balaban J connectivity index is 2.25. The maximum Gasteiger partial charge on any atom is 0.179 e. The molecule has 0 aliphatic carbocycles. The van der Waals surface area contributed by atoms with Crippen LogP contribution in [0.3, 0.4) is 0 Å². The second-order valence-electron chi connectivity index (χ2n) is 4.54. The van der Waals surface area contributed by atoms with E-state index in [0.717, 1.165) is 18.7 Å². The van der Waals surface area contributed by atoms with Crippen LogP contribution in [0, 0.1) is 5.92 Å². The SMILES string of the molecule is CC(C)C(=O)C1=NCCC1c1ccccc1. The second-order valence-corrected chi connectivity index (χ2v) is 4.54. The quantitative estimate of drug-likeness (QED) is 0.762. The standard InChI is InChI=1S/C14H17NO/c1-10(2)14(16)13-12(8-9-15-13)11-6-4-3-5-7-11/h3-7,10,12H,8-9H2,1-2H3. The van der Waals surface area contributed by atoms with Gasteiger partial charge in [0, 0.05) is 18.4 Å². The van der Waals surface area contributed by atoms with Crippen molar-refractivity contribution in [3.8, 4) is 0 Å². The normalized spacial score (nSPS) is 19.9. The molecule has 0 amide bonds. The summed E-state index contributed by atoms with van der Waals surface area (Å²) in [4.78, 5) is 16.4. The highest BCUT2D eigenvalue weighted by molar-refractivity contribution is 6.42. The summed E-state index contributed by atoms with van der Waals surface area (Å²) in [6, 6.07) is 10.2. The molecule has 84 valence electrons. The summed E-state index contributed by atoms with van der Waals surface area (Å²) < 4.78 is 0. The van der Waals surface area contributed by atoms with E-state index in [1.165, 1.54) is 5.56 Å². The fourth-order valence-corrected chi connectivity index (χ4v) is 2.12. The summed E-state index contributed by atoms with van der Waals surface area (Å²) in [7, 11) is 0. The van der Waals surface area contributed by atoms with Gasteiger partial charge in [-0.2, -0.15) is 0 Å². The topological polar surface area (TPSA) is 29.4 Å². The van der Waals surface area contributed by atoms with Crippen LogP contribution in [0.15, 0.2) is 35.3 Å². The molecule has 1 atom stereocenters. The number of Topliss-reactive ketones (excluding diaryl/α,β-unsaturated/α-hetero) is 1. The molecule has 0 bridgehead atoms. The van der Waals surface area contributed by atoms with Gasteiger partial charge in [0.25, 0.3) is 0 Å². The molecule has 2 heteroatoms. The molecule has 1 heterocycles. The molecular formula is C14H17NO. The van der Waals surface area contributed by atoms with E-state index in [-0.39, 0.29) is 17.6 Å². The van der Waals surface area contributed by atoms with E-state index in [4.69, 9.17) is 0 Å². The molecule has 1 aromatic rings. The molecule has 2 nitrogen and oxygen atoms in total. The van der Waals surface area contributed by atoms with E-state index in [0.29, 0.717) is 0 Å². The molecule has 2 rings (SSSR count). The van der Waals surface area contributed by atoms with E-state index in [1.807, 2.05) is 32.0 Å². The summed E-state index contributed by atoms with van der Waals surface area (Å²) in [5.74, 6) is 0.463. The number of rotatable bonds is 3. The van der Waals surface area contributed by atoms with Crippen LogP contribution in [0.1, 0.15) is 31.7 Å². The largest absolute Gasteiger partial charge is 0.293 e. The van der Waals surface area contributed by atoms with Gasteiger partial charge in [0.15, 0.2) is 5.78 Å². The predicted octanol–water partition coefficient (Wildman–Crippen LogP) is 2.84. The van der Waals surface area contributed by atoms with Crippen LogP contribution in [-0.2, 0) is 4.79 Å². The van der Waals surface area contributed by atoms with Crippen LogP contribution >= 0.6 is 0 Å². The minimum absolute atomic E-state index is 0.0445. The van der Waals surface area contributed by atoms with Crippen molar-refractivity contribution in [2.75, 3.05) is 6.54 Å². The molecule has 0 radical (unpaired) electrons. The van der Waals surface area contributed by atoms with Gasteiger partial charge in [-0.15, -0.1) is 0 Å². The first kappa shape index (κ1) is 11.1. The molecule has 0 spiro atoms. The zero-order valence-electron chi connectivity index (χ0n) is 9.81. The first-order valence-electron chi connectivity index (χ1n) is 5.83. The molecule has 16 heavy (non-hydrogen) atoms. The van der Waals surface area contributed by atoms with Gasteiger partial charge in [0.2, 0.25) is 0 Å². The number of hydrogen-bond donors (Lipinski definition) is 0. The van der Waals surface area contributed by atoms with Crippen LogP contribution in [0.5, 0.6) is 0 Å². The highest BCUT2D eigenvalue weighted by atomic mass is 16.1. The Morgan fingerprint density at radius 1 is 1.31 bits per heavy atom. The third-order valence-electron chi connectivity index (χ3n) is 3.01. The number of nitrogens with zero attached hydrogens (tertiary/aromatic N) is 1. The first-order chi connectivity index (χ1) is 7.70. The van der Waals surface area contributed by atoms with E-state index in [1.54, 1.807) is 0 Å². The van der Waals surface area contributed by atoms with Gasteiger partial charge >= 0.3 is 0 Å². The average Bonchev–Trinajstić information content (AvgIpc) is 2.77. The fourth-order valence-electron chi connectivity index (χ4n) is 2.12. The maximum atomic E-state index is 12.0. The van der Waals surface area contributed by atoms with Crippen molar-refractivity contribution in [1.29, 1.82) is 0 Å². The fraction of sp³-hybridized carbons (Fsp3) is 0.429. The number of hydrogen-bond acceptors (Lipinski definition) is 2. The maximum absolute atomic E-state index is 12.0. The Morgan fingerprint density at radius 2 is 2.00 bits per heavy atom. The summed E-state index contributed by atoms with van der Waals surface area (Å²) >= 11 is 0. The smallest absolute Gasteiger partial charge is 0.179 e. The highest BCUT2D eigenvalue weighted by Crippen LogP contribution is 2.27. The lowest BCUT2D eigenvalue weighted by atomic mass is 9.88. The Morgan fingerprint density at radius 3 is 2.62 bits per heavy atom. The summed E-state index contributed by atoms with van der Waals surface area (Å²) in [5.41, 5.74) is 1.99. The molecule has 0 saturated heterocycles. The average molecular weight is 215 g/mol. The number of aliphatic imine (C=N–C) groups is 1. The molecular weight excluding hydrogens is 198 g/mol. The third kappa shape index (κ3) is 2.06. The van der Waals surface area contributed by atoms with Crippen molar-refractivity contribution in [3.63, 3.8) is 0 Å². The van der Waals surface area contributed by atoms with Gasteiger partial charge < -0.3 is 0 Å². The van der Waals surface area contributed by atoms with E-state index in [9.17, 15) is 4.79 Å². The monoisotopic (exact) mass is 215 g/mol. The summed E-state index contributed by atoms with van der Waals surface area (Å²) in [5, 5.41) is 0. The lowest BCUT2D eigenvalue weighted by Gasteiger charge is -2.14. The zero-order valence-corrected chi connectivity index (χ0v) is 9.81. The highest BCUT2D eigenvalue weighted by Gasteiger charge is 2.29. The van der Waals surface area contributed by atoms with Gasteiger partial charge in [-0.1, -0.05) is 44.2 Å². The Hall–Kier alpha value is -1.44. The Bertz CT molecular complexity index is 406. The lowest BCUT2D eigenvalue weighted by molar-refractivity contribution is -0.115. The van der Waals surface area contributed by atoms with E-state index in [2.05, 4.69) is 17.1 Å². The van der Waals surface area contributed by atoms with E-state index < -0.39 is 0 Å². The van der Waals surface area contributed by atoms with Crippen LogP contribution < -0.4 is 0 Å². The first-order valence-corrected chi connectivity index (χ1v) is 5.83. The molecule has 1 aromatic carbocycles. The van der Waals surface area contributed by atoms with Gasteiger partial charge in [-0.25, -0.2) is 0 Å². The van der Waals surface area contributed by atoms with Gasteiger partial charge in [-0.3, -0.25) is 9.79 Å². The second kappa shape index (κ2) is 4.60. The molecule has 1 aliphatic rings. The molecule has 0 saturated carbocycles. The molecule has 0 fully saturated rings. The van der Waals surface area contributed by atoms with Crippen LogP contribution in [0.2, 0.25) is 0 Å². The van der Waals surface area contributed by atoms with Gasteiger partial charge in [-0.05, 0) is 12.0 Å². The number of benzene rings is 1. The lowest BCUT2D eigenvalue weighted by Crippen LogP contribution is -2.23. The zero-order chi connectivity index (χ0) is 11.5. The van der Waals surface area contributed by atoms with Crippen molar-refractivity contribution in [2.45, 2.75) is 26.2 Å². The third-order valence-corrected chi connectivity index (χ3v) is 3.01. The minimum atomic E-state index is 0.0445.